The molecule has 1 aliphatic heterocycles. The van der Waals surface area contributed by atoms with Crippen molar-refractivity contribution in [2.24, 2.45) is 0 Å². The van der Waals surface area contributed by atoms with Gasteiger partial charge in [-0.1, -0.05) is 11.6 Å². The first-order valence-corrected chi connectivity index (χ1v) is 8.40. The number of esters is 1. The van der Waals surface area contributed by atoms with Gasteiger partial charge in [0.05, 0.1) is 12.7 Å². The maximum Gasteiger partial charge on any atom is 0.338 e. The Bertz CT molecular complexity index is 572. The quantitative estimate of drug-likeness (QED) is 0.778. The lowest BCUT2D eigenvalue weighted by molar-refractivity contribution is 0.0484. The van der Waals surface area contributed by atoms with Gasteiger partial charge in [-0.05, 0) is 52.7 Å². The molecule has 0 radical (unpaired) electrons. The van der Waals surface area contributed by atoms with Gasteiger partial charge in [-0.15, -0.1) is 0 Å². The zero-order valence-corrected chi connectivity index (χ0v) is 15.4. The molecule has 0 bridgehead atoms. The van der Waals surface area contributed by atoms with Crippen molar-refractivity contribution in [2.45, 2.75) is 52.2 Å². The van der Waals surface area contributed by atoms with Crippen molar-refractivity contribution < 1.29 is 14.3 Å². The fraction of sp³-hybridized carbons (Fsp3) is 0.611. The van der Waals surface area contributed by atoms with E-state index in [1.54, 1.807) is 12.1 Å². The third-order valence-electron chi connectivity index (χ3n) is 4.41. The molecule has 0 saturated carbocycles. The number of methoxy groups -OCH3 is 1. The van der Waals surface area contributed by atoms with Crippen molar-refractivity contribution in [2.75, 3.05) is 20.2 Å². The van der Waals surface area contributed by atoms with Crippen LogP contribution < -0.4 is 4.74 Å². The second kappa shape index (κ2) is 7.10. The second-order valence-electron chi connectivity index (χ2n) is 7.04. The Morgan fingerprint density at radius 2 is 1.87 bits per heavy atom. The number of likely N-dealkylation sites (tertiary alicyclic amines) is 1. The summed E-state index contributed by atoms with van der Waals surface area (Å²) in [5.74, 6) is 0.282. The average Bonchev–Trinajstić information content (AvgIpc) is 2.49. The topological polar surface area (TPSA) is 38.8 Å². The van der Waals surface area contributed by atoms with E-state index in [9.17, 15) is 4.79 Å². The number of benzene rings is 1. The van der Waals surface area contributed by atoms with Crippen LogP contribution in [0.4, 0.5) is 0 Å². The molecule has 5 heteroatoms. The molecule has 0 aliphatic carbocycles. The molecule has 0 unspecified atom stereocenters. The average molecular weight is 340 g/mol. The molecular formula is C18H26ClNO3. The molecule has 2 rings (SSSR count). The molecule has 4 nitrogen and oxygen atoms in total. The maximum atomic E-state index is 11.8. The predicted octanol–water partition coefficient (Wildman–Crippen LogP) is 4.08. The van der Waals surface area contributed by atoms with E-state index in [2.05, 4.69) is 25.7 Å². The van der Waals surface area contributed by atoms with Gasteiger partial charge < -0.3 is 9.47 Å². The molecule has 1 heterocycles. The minimum atomic E-state index is -0.391. The number of carbonyl (C=O) groups is 1. The summed E-state index contributed by atoms with van der Waals surface area (Å²) in [4.78, 5) is 14.3. The molecule has 0 aromatic heterocycles. The predicted molar refractivity (Wildman–Crippen MR) is 92.5 cm³/mol. The van der Waals surface area contributed by atoms with E-state index >= 15 is 0 Å². The SMILES string of the molecule is COC(=O)c1cc(Cl)cc(OC2CCN(C(C)(C)C)CC2)c1C. The van der Waals surface area contributed by atoms with E-state index in [4.69, 9.17) is 21.1 Å². The highest BCUT2D eigenvalue weighted by Crippen LogP contribution is 2.30. The minimum absolute atomic E-state index is 0.149. The van der Waals surface area contributed by atoms with Gasteiger partial charge in [0, 0.05) is 29.2 Å². The Balaban J connectivity index is 2.10. The highest BCUT2D eigenvalue weighted by atomic mass is 35.5. The molecule has 1 saturated heterocycles. The molecule has 0 atom stereocenters. The van der Waals surface area contributed by atoms with E-state index in [-0.39, 0.29) is 11.6 Å². The monoisotopic (exact) mass is 339 g/mol. The maximum absolute atomic E-state index is 11.8. The summed E-state index contributed by atoms with van der Waals surface area (Å²) in [5.41, 5.74) is 1.43. The van der Waals surface area contributed by atoms with Gasteiger partial charge >= 0.3 is 5.97 Å². The van der Waals surface area contributed by atoms with Gasteiger partial charge in [-0.3, -0.25) is 4.90 Å². The van der Waals surface area contributed by atoms with Crippen molar-refractivity contribution in [1.82, 2.24) is 4.90 Å². The van der Waals surface area contributed by atoms with Crippen LogP contribution in [0.25, 0.3) is 0 Å². The van der Waals surface area contributed by atoms with Crippen LogP contribution in [-0.2, 0) is 4.74 Å². The number of piperidine rings is 1. The smallest absolute Gasteiger partial charge is 0.338 e. The van der Waals surface area contributed by atoms with E-state index in [1.807, 2.05) is 6.92 Å². The fourth-order valence-electron chi connectivity index (χ4n) is 2.92. The Morgan fingerprint density at radius 1 is 1.26 bits per heavy atom. The number of hydrogen-bond acceptors (Lipinski definition) is 4. The van der Waals surface area contributed by atoms with Gasteiger partial charge in [-0.2, -0.15) is 0 Å². The van der Waals surface area contributed by atoms with Gasteiger partial charge in [0.15, 0.2) is 0 Å². The number of carbonyl (C=O) groups excluding carboxylic acids is 1. The van der Waals surface area contributed by atoms with Crippen LogP contribution in [-0.4, -0.2) is 42.7 Å². The molecule has 1 aromatic rings. The first kappa shape index (κ1) is 18.1. The van der Waals surface area contributed by atoms with Crippen LogP contribution in [0.1, 0.15) is 49.5 Å². The first-order chi connectivity index (χ1) is 10.7. The zero-order chi connectivity index (χ0) is 17.2. The van der Waals surface area contributed by atoms with E-state index in [0.29, 0.717) is 16.3 Å². The summed E-state index contributed by atoms with van der Waals surface area (Å²) in [7, 11) is 1.37. The minimum Gasteiger partial charge on any atom is -0.490 e. The van der Waals surface area contributed by atoms with Crippen LogP contribution in [0, 0.1) is 6.92 Å². The zero-order valence-electron chi connectivity index (χ0n) is 14.6. The molecular weight excluding hydrogens is 314 g/mol. The molecule has 1 fully saturated rings. The lowest BCUT2D eigenvalue weighted by Crippen LogP contribution is -2.48. The number of nitrogens with zero attached hydrogens (tertiary/aromatic N) is 1. The molecule has 1 aromatic carbocycles. The Labute approximate surface area is 143 Å². The van der Waals surface area contributed by atoms with Gasteiger partial charge in [0.25, 0.3) is 0 Å². The van der Waals surface area contributed by atoms with Crippen LogP contribution in [0.2, 0.25) is 5.02 Å². The summed E-state index contributed by atoms with van der Waals surface area (Å²) >= 11 is 6.13. The van der Waals surface area contributed by atoms with Crippen molar-refractivity contribution in [3.63, 3.8) is 0 Å². The molecule has 23 heavy (non-hydrogen) atoms. The third kappa shape index (κ3) is 4.39. The molecule has 0 amide bonds. The number of ether oxygens (including phenoxy) is 2. The summed E-state index contributed by atoms with van der Waals surface area (Å²) in [6.45, 7) is 10.6. The largest absolute Gasteiger partial charge is 0.490 e. The Hall–Kier alpha value is -1.26. The summed E-state index contributed by atoms with van der Waals surface area (Å²) in [5, 5.41) is 0.484. The number of halogens is 1. The van der Waals surface area contributed by atoms with Crippen molar-refractivity contribution in [3.8, 4) is 5.75 Å². The third-order valence-corrected chi connectivity index (χ3v) is 4.63. The van der Waals surface area contributed by atoms with Gasteiger partial charge in [0.1, 0.15) is 11.9 Å². The lowest BCUT2D eigenvalue weighted by atomic mass is 9.99. The van der Waals surface area contributed by atoms with Crippen molar-refractivity contribution in [3.05, 3.63) is 28.3 Å². The van der Waals surface area contributed by atoms with Gasteiger partial charge in [-0.25, -0.2) is 4.79 Å². The van der Waals surface area contributed by atoms with Gasteiger partial charge in [0.2, 0.25) is 0 Å². The fourth-order valence-corrected chi connectivity index (χ4v) is 3.13. The van der Waals surface area contributed by atoms with Crippen molar-refractivity contribution >= 4 is 17.6 Å². The Kier molecular flexibility index (Phi) is 5.58. The number of hydrogen-bond donors (Lipinski definition) is 0. The lowest BCUT2D eigenvalue weighted by Gasteiger charge is -2.40. The highest BCUT2D eigenvalue weighted by Gasteiger charge is 2.28. The van der Waals surface area contributed by atoms with E-state index in [0.717, 1.165) is 31.5 Å². The normalized spacial score (nSPS) is 17.1. The molecule has 0 spiro atoms. The van der Waals surface area contributed by atoms with E-state index < -0.39 is 5.97 Å². The summed E-state index contributed by atoms with van der Waals surface area (Å²) in [6, 6.07) is 3.40. The first-order valence-electron chi connectivity index (χ1n) is 8.02. The molecule has 0 N–H and O–H groups in total. The second-order valence-corrected chi connectivity index (χ2v) is 7.48. The van der Waals surface area contributed by atoms with Crippen LogP contribution in [0.5, 0.6) is 5.75 Å². The summed E-state index contributed by atoms with van der Waals surface area (Å²) < 4.78 is 11.0. The highest BCUT2D eigenvalue weighted by molar-refractivity contribution is 6.31. The van der Waals surface area contributed by atoms with E-state index in [1.165, 1.54) is 7.11 Å². The van der Waals surface area contributed by atoms with Crippen LogP contribution in [0.15, 0.2) is 12.1 Å². The van der Waals surface area contributed by atoms with Crippen LogP contribution in [0.3, 0.4) is 0 Å². The Morgan fingerprint density at radius 3 is 2.39 bits per heavy atom. The number of rotatable bonds is 3. The molecule has 1 aliphatic rings. The van der Waals surface area contributed by atoms with Crippen molar-refractivity contribution in [1.29, 1.82) is 0 Å². The summed E-state index contributed by atoms with van der Waals surface area (Å²) in [6.07, 6.45) is 2.09. The van der Waals surface area contributed by atoms with Crippen LogP contribution >= 0.6 is 11.6 Å². The standard InChI is InChI=1S/C18H26ClNO3/c1-12-15(17(21)22-5)10-13(19)11-16(12)23-14-6-8-20(9-7-14)18(2,3)4/h10-11,14H,6-9H2,1-5H3. The molecule has 128 valence electrons.